The summed E-state index contributed by atoms with van der Waals surface area (Å²) in [7, 11) is 0. The number of rotatable bonds is 5. The van der Waals surface area contributed by atoms with Crippen molar-refractivity contribution in [2.75, 3.05) is 5.32 Å². The van der Waals surface area contributed by atoms with E-state index in [1.807, 2.05) is 0 Å². The average molecular weight is 328 g/mol. The van der Waals surface area contributed by atoms with E-state index < -0.39 is 0 Å². The molecule has 1 aromatic heterocycles. The van der Waals surface area contributed by atoms with Crippen molar-refractivity contribution in [2.24, 2.45) is 0 Å². The molecule has 0 unspecified atom stereocenters. The van der Waals surface area contributed by atoms with Gasteiger partial charge >= 0.3 is 0 Å². The van der Waals surface area contributed by atoms with E-state index in [1.54, 1.807) is 18.3 Å². The summed E-state index contributed by atoms with van der Waals surface area (Å²) in [4.78, 5) is 20.5. The van der Waals surface area contributed by atoms with Gasteiger partial charge in [-0.3, -0.25) is 4.79 Å². The Bertz CT molecular complexity index is 666. The highest BCUT2D eigenvalue weighted by molar-refractivity contribution is 5.91. The lowest BCUT2D eigenvalue weighted by molar-refractivity contribution is 0.0945. The lowest BCUT2D eigenvalue weighted by atomic mass is 9.96. The predicted molar refractivity (Wildman–Crippen MR) is 90.1 cm³/mol. The highest BCUT2D eigenvalue weighted by atomic mass is 19.1. The van der Waals surface area contributed by atoms with Gasteiger partial charge in [-0.05, 0) is 30.5 Å². The van der Waals surface area contributed by atoms with Crippen molar-refractivity contribution in [1.82, 2.24) is 15.3 Å². The van der Waals surface area contributed by atoms with Crippen LogP contribution in [-0.2, 0) is 6.54 Å². The second kappa shape index (κ2) is 7.86. The van der Waals surface area contributed by atoms with Gasteiger partial charge in [0.2, 0.25) is 0 Å². The first kappa shape index (κ1) is 16.4. The minimum absolute atomic E-state index is 0.270. The van der Waals surface area contributed by atoms with Gasteiger partial charge in [0.1, 0.15) is 17.3 Å². The molecule has 0 bridgehead atoms. The summed E-state index contributed by atoms with van der Waals surface area (Å²) in [6.07, 6.45) is 9.18. The number of hydrogen-bond donors (Lipinski definition) is 2. The molecule has 1 aromatic carbocycles. The Morgan fingerprint density at radius 1 is 1.08 bits per heavy atom. The normalized spacial score (nSPS) is 15.0. The molecular weight excluding hydrogens is 307 g/mol. The molecule has 126 valence electrons. The second-order valence-corrected chi connectivity index (χ2v) is 6.08. The van der Waals surface area contributed by atoms with Gasteiger partial charge in [0, 0.05) is 12.6 Å². The Kier molecular flexibility index (Phi) is 5.36. The number of aromatic nitrogens is 2. The first-order valence-electron chi connectivity index (χ1n) is 8.32. The fourth-order valence-electron chi connectivity index (χ4n) is 2.85. The highest BCUT2D eigenvalue weighted by Crippen LogP contribution is 2.20. The smallest absolute Gasteiger partial charge is 0.271 e. The van der Waals surface area contributed by atoms with Crippen molar-refractivity contribution in [1.29, 1.82) is 0 Å². The number of nitrogens with one attached hydrogen (secondary N) is 2. The molecule has 0 spiro atoms. The first-order valence-corrected chi connectivity index (χ1v) is 8.32. The zero-order valence-corrected chi connectivity index (χ0v) is 13.5. The maximum atomic E-state index is 12.8. The molecule has 2 aromatic rings. The van der Waals surface area contributed by atoms with E-state index >= 15 is 0 Å². The van der Waals surface area contributed by atoms with Gasteiger partial charge in [-0.25, -0.2) is 14.4 Å². The van der Waals surface area contributed by atoms with E-state index in [9.17, 15) is 9.18 Å². The lowest BCUT2D eigenvalue weighted by Gasteiger charge is -2.23. The third-order valence-electron chi connectivity index (χ3n) is 4.21. The van der Waals surface area contributed by atoms with Crippen molar-refractivity contribution < 1.29 is 9.18 Å². The van der Waals surface area contributed by atoms with Crippen LogP contribution in [0.4, 0.5) is 10.2 Å². The molecule has 0 radical (unpaired) electrons. The second-order valence-electron chi connectivity index (χ2n) is 6.08. The number of amides is 1. The predicted octanol–water partition coefficient (Wildman–Crippen LogP) is 3.29. The highest BCUT2D eigenvalue weighted by Gasteiger charge is 2.14. The number of nitrogens with zero attached hydrogens (tertiary/aromatic N) is 2. The molecule has 1 aliphatic rings. The Morgan fingerprint density at radius 2 is 1.83 bits per heavy atom. The van der Waals surface area contributed by atoms with Crippen LogP contribution >= 0.6 is 0 Å². The Hall–Kier alpha value is -2.50. The molecule has 3 rings (SSSR count). The van der Waals surface area contributed by atoms with Crippen LogP contribution in [0.1, 0.15) is 48.2 Å². The summed E-state index contributed by atoms with van der Waals surface area (Å²) in [5, 5.41) is 6.12. The van der Waals surface area contributed by atoms with Crippen molar-refractivity contribution in [3.8, 4) is 0 Å². The van der Waals surface area contributed by atoms with Gasteiger partial charge in [-0.1, -0.05) is 31.4 Å². The van der Waals surface area contributed by atoms with E-state index in [4.69, 9.17) is 0 Å². The zero-order chi connectivity index (χ0) is 16.8. The Morgan fingerprint density at radius 3 is 2.50 bits per heavy atom. The third kappa shape index (κ3) is 4.50. The number of halogens is 1. The standard InChI is InChI=1S/C18H21FN4O/c19-14-8-6-13(7-9-14)10-22-18(24)16-11-21-17(12-20-16)23-15-4-2-1-3-5-15/h6-9,11-12,15H,1-5,10H2,(H,21,23)(H,22,24). The summed E-state index contributed by atoms with van der Waals surface area (Å²) in [5.41, 5.74) is 1.10. The molecule has 1 saturated carbocycles. The number of hydrogen-bond acceptors (Lipinski definition) is 4. The molecular formula is C18H21FN4O. The fraction of sp³-hybridized carbons (Fsp3) is 0.389. The molecule has 2 N–H and O–H groups in total. The zero-order valence-electron chi connectivity index (χ0n) is 13.5. The monoisotopic (exact) mass is 328 g/mol. The molecule has 1 amide bonds. The molecule has 0 saturated heterocycles. The van der Waals surface area contributed by atoms with E-state index in [2.05, 4.69) is 20.6 Å². The topological polar surface area (TPSA) is 66.9 Å². The van der Waals surface area contributed by atoms with Crippen LogP contribution in [-0.4, -0.2) is 21.9 Å². The van der Waals surface area contributed by atoms with E-state index in [1.165, 1.54) is 37.6 Å². The summed E-state index contributed by atoms with van der Waals surface area (Å²) in [6.45, 7) is 0.322. The van der Waals surface area contributed by atoms with E-state index in [-0.39, 0.29) is 17.4 Å². The number of carbonyl (C=O) groups is 1. The number of carbonyl (C=O) groups excluding carboxylic acids is 1. The van der Waals surface area contributed by atoms with Gasteiger partial charge < -0.3 is 10.6 Å². The van der Waals surface area contributed by atoms with Crippen LogP contribution in [0.2, 0.25) is 0 Å². The molecule has 1 heterocycles. The van der Waals surface area contributed by atoms with Crippen LogP contribution < -0.4 is 10.6 Å². The maximum Gasteiger partial charge on any atom is 0.271 e. The van der Waals surface area contributed by atoms with Crippen LogP contribution in [0, 0.1) is 5.82 Å². The van der Waals surface area contributed by atoms with Gasteiger partial charge in [0.25, 0.3) is 5.91 Å². The van der Waals surface area contributed by atoms with Crippen LogP contribution in [0.5, 0.6) is 0 Å². The van der Waals surface area contributed by atoms with Crippen molar-refractivity contribution in [2.45, 2.75) is 44.7 Å². The molecule has 5 nitrogen and oxygen atoms in total. The van der Waals surface area contributed by atoms with Gasteiger partial charge in [-0.15, -0.1) is 0 Å². The summed E-state index contributed by atoms with van der Waals surface area (Å²) in [6, 6.07) is 6.46. The third-order valence-corrected chi connectivity index (χ3v) is 4.21. The largest absolute Gasteiger partial charge is 0.366 e. The van der Waals surface area contributed by atoms with Crippen molar-refractivity contribution >= 4 is 11.7 Å². The molecule has 24 heavy (non-hydrogen) atoms. The molecule has 1 aliphatic carbocycles. The minimum Gasteiger partial charge on any atom is -0.366 e. The lowest BCUT2D eigenvalue weighted by Crippen LogP contribution is -2.25. The molecule has 6 heteroatoms. The van der Waals surface area contributed by atoms with Crippen LogP contribution in [0.15, 0.2) is 36.7 Å². The molecule has 0 aliphatic heterocycles. The van der Waals surface area contributed by atoms with Crippen LogP contribution in [0.25, 0.3) is 0 Å². The summed E-state index contributed by atoms with van der Waals surface area (Å²) < 4.78 is 12.8. The number of benzene rings is 1. The SMILES string of the molecule is O=C(NCc1ccc(F)cc1)c1cnc(NC2CCCCC2)cn1. The van der Waals surface area contributed by atoms with Gasteiger partial charge in [0.05, 0.1) is 12.4 Å². The van der Waals surface area contributed by atoms with Crippen LogP contribution in [0.3, 0.4) is 0 Å². The molecule has 0 atom stereocenters. The molecule has 1 fully saturated rings. The Balaban J connectivity index is 1.52. The van der Waals surface area contributed by atoms with Crippen molar-refractivity contribution in [3.05, 3.63) is 53.7 Å². The van der Waals surface area contributed by atoms with E-state index in [0.29, 0.717) is 18.4 Å². The maximum absolute atomic E-state index is 12.8. The van der Waals surface area contributed by atoms with Crippen molar-refractivity contribution in [3.63, 3.8) is 0 Å². The summed E-state index contributed by atoms with van der Waals surface area (Å²) >= 11 is 0. The van der Waals surface area contributed by atoms with Gasteiger partial charge in [0.15, 0.2) is 0 Å². The first-order chi connectivity index (χ1) is 11.7. The fourth-order valence-corrected chi connectivity index (χ4v) is 2.85. The Labute approximate surface area is 140 Å². The van der Waals surface area contributed by atoms with E-state index in [0.717, 1.165) is 18.4 Å². The number of anilines is 1. The quantitative estimate of drug-likeness (QED) is 0.884. The average Bonchev–Trinajstić information content (AvgIpc) is 2.62. The minimum atomic E-state index is -0.295. The van der Waals surface area contributed by atoms with Gasteiger partial charge in [-0.2, -0.15) is 0 Å². The summed E-state index contributed by atoms with van der Waals surface area (Å²) in [5.74, 6) is 0.116.